The van der Waals surface area contributed by atoms with E-state index in [0.717, 1.165) is 0 Å². The Hall–Kier alpha value is -2.65. The normalized spacial score (nSPS) is 14.7. The number of rotatable bonds is 18. The van der Waals surface area contributed by atoms with E-state index in [9.17, 15) is 58.4 Å². The zero-order valence-electron chi connectivity index (χ0n) is 24.4. The Morgan fingerprint density at radius 3 is 0.935 bits per heavy atom. The second-order valence-corrected chi connectivity index (χ2v) is 15.4. The van der Waals surface area contributed by atoms with Gasteiger partial charge in [0.15, 0.2) is 0 Å². The first-order valence-electron chi connectivity index (χ1n) is 13.9. The number of phenols is 3. The number of aromatic hydroxyl groups is 3. The molecule has 3 atom stereocenters. The molecule has 16 nitrogen and oxygen atoms in total. The molecule has 12 N–H and O–H groups in total. The molecule has 0 heterocycles. The summed E-state index contributed by atoms with van der Waals surface area (Å²) in [4.78, 5) is 61.4. The van der Waals surface area contributed by atoms with Gasteiger partial charge in [-0.1, -0.05) is 54.6 Å². The Labute approximate surface area is 265 Å². The molecule has 0 fully saturated rings. The molecule has 0 radical (unpaired) electrons. The quantitative estimate of drug-likeness (QED) is 0.0842. The van der Waals surface area contributed by atoms with E-state index in [-0.39, 0.29) is 73.2 Å². The molecule has 254 valence electrons. The van der Waals surface area contributed by atoms with E-state index in [4.69, 9.17) is 0 Å². The number of nitrogens with zero attached hydrogens (tertiary/aromatic N) is 1. The van der Waals surface area contributed by atoms with Crippen molar-refractivity contribution in [2.24, 2.45) is 0 Å². The summed E-state index contributed by atoms with van der Waals surface area (Å²) in [5.41, 5.74) is -0.0694. The van der Waals surface area contributed by atoms with Gasteiger partial charge in [0.05, 0.1) is 0 Å². The van der Waals surface area contributed by atoms with Crippen molar-refractivity contribution in [3.05, 3.63) is 89.5 Å². The van der Waals surface area contributed by atoms with Crippen molar-refractivity contribution in [1.82, 2.24) is 20.9 Å². The third-order valence-electron chi connectivity index (χ3n) is 7.00. The maximum Gasteiger partial charge on any atom is 0.346 e. The maximum atomic E-state index is 12.3. The van der Waals surface area contributed by atoms with Crippen LogP contribution in [0.25, 0.3) is 0 Å². The van der Waals surface area contributed by atoms with Gasteiger partial charge in [-0.05, 0) is 18.2 Å². The first kappa shape index (κ1) is 37.8. The molecule has 0 aliphatic carbocycles. The molecular formula is C27H39N4O12P3. The Balaban J connectivity index is 1.76. The van der Waals surface area contributed by atoms with Gasteiger partial charge in [0.2, 0.25) is 0 Å². The maximum absolute atomic E-state index is 12.3. The smallest absolute Gasteiger partial charge is 0.346 e. The summed E-state index contributed by atoms with van der Waals surface area (Å²) in [6.07, 6.45) is 0. The standard InChI is InChI=1S/C27H39N4O12P3/c32-22-10-4-1-7-19(22)25(44(35,36)37)28-13-16-31(17-14-29-26(45(38,39)40)20-8-2-5-11-23(20)33)18-15-30-27(46(41,42)43)21-9-3-6-12-24(21)34/h1-12,25-30,32-34H,13-18H2,(H2,35,36,37)(H2,38,39,40)(H2,41,42,43). The summed E-state index contributed by atoms with van der Waals surface area (Å²) in [6.45, 7) is 0.109. The van der Waals surface area contributed by atoms with Gasteiger partial charge in [0, 0.05) is 56.0 Å². The van der Waals surface area contributed by atoms with Crippen LogP contribution in [-0.4, -0.2) is 88.8 Å². The van der Waals surface area contributed by atoms with Crippen LogP contribution in [0, 0.1) is 0 Å². The Bertz CT molecular complexity index is 1400. The number of nitrogens with one attached hydrogen (secondary N) is 3. The van der Waals surface area contributed by atoms with Crippen LogP contribution in [0.15, 0.2) is 72.8 Å². The van der Waals surface area contributed by atoms with Crippen LogP contribution in [-0.2, 0) is 13.7 Å². The van der Waals surface area contributed by atoms with E-state index < -0.39 is 40.1 Å². The fourth-order valence-electron chi connectivity index (χ4n) is 4.80. The molecule has 19 heteroatoms. The molecule has 0 saturated carbocycles. The average molecular weight is 705 g/mol. The molecule has 3 aromatic carbocycles. The zero-order valence-corrected chi connectivity index (χ0v) is 27.1. The van der Waals surface area contributed by atoms with Crippen LogP contribution in [0.3, 0.4) is 0 Å². The van der Waals surface area contributed by atoms with Crippen LogP contribution < -0.4 is 16.0 Å². The fourth-order valence-corrected chi connectivity index (χ4v) is 7.64. The van der Waals surface area contributed by atoms with Crippen LogP contribution in [0.2, 0.25) is 0 Å². The molecule has 0 aliphatic rings. The van der Waals surface area contributed by atoms with Crippen LogP contribution in [0.1, 0.15) is 34.0 Å². The summed E-state index contributed by atoms with van der Waals surface area (Å²) in [5, 5.41) is 38.7. The van der Waals surface area contributed by atoms with Crippen LogP contribution in [0.5, 0.6) is 17.2 Å². The largest absolute Gasteiger partial charge is 0.508 e. The van der Waals surface area contributed by atoms with E-state index in [0.29, 0.717) is 0 Å². The van der Waals surface area contributed by atoms with Gasteiger partial charge in [0.25, 0.3) is 0 Å². The SMILES string of the molecule is O=P(O)(O)C(NCCN(CCNC(c1ccccc1O)P(=O)(O)O)CCNC(c1ccccc1O)P(=O)(O)O)c1ccccc1O. The predicted octanol–water partition coefficient (Wildman–Crippen LogP) is 1.80. The highest BCUT2D eigenvalue weighted by atomic mass is 31.2. The summed E-state index contributed by atoms with van der Waals surface area (Å²) in [5.74, 6) is -5.62. The summed E-state index contributed by atoms with van der Waals surface area (Å²) in [6, 6.07) is 17.0. The second kappa shape index (κ2) is 16.4. The summed E-state index contributed by atoms with van der Waals surface area (Å²) in [7, 11) is -14.4. The van der Waals surface area contributed by atoms with Gasteiger partial charge in [-0.3, -0.25) is 34.5 Å². The van der Waals surface area contributed by atoms with Crippen molar-refractivity contribution in [3.8, 4) is 17.2 Å². The minimum absolute atomic E-state index is 0.0231. The monoisotopic (exact) mass is 704 g/mol. The number of benzene rings is 3. The highest BCUT2D eigenvalue weighted by Gasteiger charge is 2.34. The van der Waals surface area contributed by atoms with Gasteiger partial charge < -0.3 is 44.7 Å². The van der Waals surface area contributed by atoms with E-state index in [1.165, 1.54) is 72.8 Å². The van der Waals surface area contributed by atoms with E-state index in [2.05, 4.69) is 16.0 Å². The summed E-state index contributed by atoms with van der Waals surface area (Å²) >= 11 is 0. The minimum atomic E-state index is -4.80. The highest BCUT2D eigenvalue weighted by Crippen LogP contribution is 2.53. The highest BCUT2D eigenvalue weighted by molar-refractivity contribution is 7.52. The Kier molecular flexibility index (Phi) is 13.5. The van der Waals surface area contributed by atoms with Crippen LogP contribution in [0.4, 0.5) is 0 Å². The molecule has 3 unspecified atom stereocenters. The molecule has 46 heavy (non-hydrogen) atoms. The molecule has 0 aromatic heterocycles. The molecule has 3 rings (SSSR count). The van der Waals surface area contributed by atoms with Crippen molar-refractivity contribution in [2.75, 3.05) is 39.3 Å². The lowest BCUT2D eigenvalue weighted by atomic mass is 10.2. The third kappa shape index (κ3) is 11.0. The van der Waals surface area contributed by atoms with Crippen molar-refractivity contribution >= 4 is 22.8 Å². The van der Waals surface area contributed by atoms with Gasteiger partial charge in [-0.15, -0.1) is 0 Å². The van der Waals surface area contributed by atoms with Crippen molar-refractivity contribution in [2.45, 2.75) is 17.3 Å². The molecule has 0 spiro atoms. The van der Waals surface area contributed by atoms with Crippen molar-refractivity contribution in [1.29, 1.82) is 0 Å². The summed E-state index contributed by atoms with van der Waals surface area (Å²) < 4.78 is 36.8. The van der Waals surface area contributed by atoms with Gasteiger partial charge in [-0.2, -0.15) is 0 Å². The lowest BCUT2D eigenvalue weighted by Crippen LogP contribution is -2.42. The second-order valence-electron chi connectivity index (χ2n) is 10.4. The third-order valence-corrected chi connectivity index (χ3v) is 10.4. The average Bonchev–Trinajstić information content (AvgIpc) is 2.95. The first-order chi connectivity index (χ1) is 21.5. The van der Waals surface area contributed by atoms with Gasteiger partial charge in [-0.25, -0.2) is 0 Å². The molecule has 0 saturated heterocycles. The van der Waals surface area contributed by atoms with Gasteiger partial charge in [0.1, 0.15) is 34.6 Å². The predicted molar refractivity (Wildman–Crippen MR) is 169 cm³/mol. The lowest BCUT2D eigenvalue weighted by Gasteiger charge is -2.28. The van der Waals surface area contributed by atoms with E-state index >= 15 is 0 Å². The molecule has 3 aromatic rings. The number of hydrogen-bond acceptors (Lipinski definition) is 10. The number of hydrogen-bond donors (Lipinski definition) is 12. The Morgan fingerprint density at radius 2 is 0.717 bits per heavy atom. The molecule has 0 bridgehead atoms. The van der Waals surface area contributed by atoms with E-state index in [1.807, 2.05) is 0 Å². The Morgan fingerprint density at radius 1 is 0.478 bits per heavy atom. The minimum Gasteiger partial charge on any atom is -0.508 e. The zero-order chi connectivity index (χ0) is 34.1. The molecule has 0 aliphatic heterocycles. The topological polar surface area (TPSA) is 273 Å². The fraction of sp³-hybridized carbons (Fsp3) is 0.333. The number of para-hydroxylation sites is 3. The van der Waals surface area contributed by atoms with Crippen molar-refractivity contribution < 1.29 is 58.4 Å². The van der Waals surface area contributed by atoms with E-state index in [1.54, 1.807) is 4.90 Å². The van der Waals surface area contributed by atoms with Crippen molar-refractivity contribution in [3.63, 3.8) is 0 Å². The molecular weight excluding hydrogens is 665 g/mol. The number of phenolic OH excluding ortho intramolecular Hbond substituents is 3. The first-order valence-corrected chi connectivity index (χ1v) is 19.0. The molecule has 0 amide bonds. The van der Waals surface area contributed by atoms with Crippen LogP contribution >= 0.6 is 22.8 Å². The van der Waals surface area contributed by atoms with Gasteiger partial charge >= 0.3 is 22.8 Å². The lowest BCUT2D eigenvalue weighted by molar-refractivity contribution is 0.259.